The van der Waals surface area contributed by atoms with E-state index in [1.807, 2.05) is 0 Å². The summed E-state index contributed by atoms with van der Waals surface area (Å²) in [6, 6.07) is 5.35. The molecule has 0 saturated carbocycles. The van der Waals surface area contributed by atoms with Crippen molar-refractivity contribution in [3.63, 3.8) is 0 Å². The van der Waals surface area contributed by atoms with E-state index in [2.05, 4.69) is 4.52 Å². The van der Waals surface area contributed by atoms with E-state index in [4.69, 9.17) is 14.6 Å². The molecule has 1 fully saturated rings. The summed E-state index contributed by atoms with van der Waals surface area (Å²) in [6.07, 6.45) is -0.186. The third kappa shape index (κ3) is 4.39. The van der Waals surface area contributed by atoms with Crippen molar-refractivity contribution in [2.45, 2.75) is 19.3 Å². The molecule has 0 aromatic heterocycles. The van der Waals surface area contributed by atoms with E-state index < -0.39 is 25.6 Å². The number of hydroxylamine groups is 2. The molecule has 0 spiro atoms. The third-order valence-corrected chi connectivity index (χ3v) is 3.14. The SMILES string of the molecule is O=C(Cc1ccc(OP(=O)(O)O)cc1)ON1C(=O)CCC1=O. The molecular weight excluding hydrogens is 317 g/mol. The highest BCUT2D eigenvalue weighted by Crippen LogP contribution is 2.37. The summed E-state index contributed by atoms with van der Waals surface area (Å²) in [7, 11) is -4.64. The van der Waals surface area contributed by atoms with Gasteiger partial charge in [-0.2, -0.15) is 0 Å². The van der Waals surface area contributed by atoms with Crippen LogP contribution in [0, 0.1) is 0 Å². The standard InChI is InChI=1S/C12H12NO8P/c14-10-5-6-11(15)13(10)20-12(16)7-8-1-3-9(4-2-8)21-22(17,18)19/h1-4H,5-7H2,(H2,17,18,19). The van der Waals surface area contributed by atoms with Gasteiger partial charge in [-0.05, 0) is 17.7 Å². The first-order valence-electron chi connectivity index (χ1n) is 6.15. The summed E-state index contributed by atoms with van der Waals surface area (Å²) >= 11 is 0. The molecule has 1 aromatic carbocycles. The van der Waals surface area contributed by atoms with E-state index in [0.29, 0.717) is 10.6 Å². The predicted octanol–water partition coefficient (Wildman–Crippen LogP) is 0.308. The molecule has 1 heterocycles. The van der Waals surface area contributed by atoms with Gasteiger partial charge in [0.05, 0.1) is 6.42 Å². The lowest BCUT2D eigenvalue weighted by atomic mass is 10.1. The molecule has 1 aliphatic heterocycles. The average Bonchev–Trinajstić information content (AvgIpc) is 2.71. The van der Waals surface area contributed by atoms with Crippen LogP contribution in [0.15, 0.2) is 24.3 Å². The van der Waals surface area contributed by atoms with Crippen LogP contribution in [0.3, 0.4) is 0 Å². The predicted molar refractivity (Wildman–Crippen MR) is 70.0 cm³/mol. The Morgan fingerprint density at radius 2 is 1.68 bits per heavy atom. The maximum atomic E-state index is 11.6. The molecule has 118 valence electrons. The monoisotopic (exact) mass is 329 g/mol. The molecule has 0 atom stereocenters. The lowest BCUT2D eigenvalue weighted by Crippen LogP contribution is -2.32. The Balaban J connectivity index is 1.93. The average molecular weight is 329 g/mol. The summed E-state index contributed by atoms with van der Waals surface area (Å²) < 4.78 is 15.0. The molecule has 0 aliphatic carbocycles. The number of imide groups is 1. The van der Waals surface area contributed by atoms with Crippen LogP contribution in [0.5, 0.6) is 5.75 Å². The number of phosphoric ester groups is 1. The highest BCUT2D eigenvalue weighted by molar-refractivity contribution is 7.46. The Hall–Kier alpha value is -2.22. The summed E-state index contributed by atoms with van der Waals surface area (Å²) in [4.78, 5) is 56.2. The van der Waals surface area contributed by atoms with Crippen LogP contribution in [0.1, 0.15) is 18.4 Å². The van der Waals surface area contributed by atoms with Crippen LogP contribution >= 0.6 is 7.82 Å². The number of carbonyl (C=O) groups excluding carboxylic acids is 3. The summed E-state index contributed by atoms with van der Waals surface area (Å²) in [5.41, 5.74) is 0.460. The van der Waals surface area contributed by atoms with Crippen LogP contribution < -0.4 is 4.52 Å². The number of rotatable bonds is 5. The summed E-state index contributed by atoms with van der Waals surface area (Å²) in [6.45, 7) is 0. The zero-order valence-electron chi connectivity index (χ0n) is 11.2. The Morgan fingerprint density at radius 3 is 2.18 bits per heavy atom. The van der Waals surface area contributed by atoms with Crippen LogP contribution in [0.25, 0.3) is 0 Å². The largest absolute Gasteiger partial charge is 0.524 e. The molecule has 0 unspecified atom stereocenters. The number of carbonyl (C=O) groups is 3. The van der Waals surface area contributed by atoms with Crippen molar-refractivity contribution in [3.05, 3.63) is 29.8 Å². The number of phosphoric acid groups is 1. The van der Waals surface area contributed by atoms with Gasteiger partial charge in [0.1, 0.15) is 5.75 Å². The van der Waals surface area contributed by atoms with Crippen LogP contribution in [0.2, 0.25) is 0 Å². The quantitative estimate of drug-likeness (QED) is 0.583. The minimum atomic E-state index is -4.64. The van der Waals surface area contributed by atoms with Crippen molar-refractivity contribution in [1.82, 2.24) is 5.06 Å². The van der Waals surface area contributed by atoms with Gasteiger partial charge in [0, 0.05) is 12.8 Å². The molecule has 1 aromatic rings. The third-order valence-electron chi connectivity index (χ3n) is 2.70. The van der Waals surface area contributed by atoms with Crippen LogP contribution in [-0.4, -0.2) is 32.6 Å². The molecule has 1 saturated heterocycles. The van der Waals surface area contributed by atoms with Gasteiger partial charge in [0.15, 0.2) is 0 Å². The minimum Gasteiger partial charge on any atom is -0.404 e. The second kappa shape index (κ2) is 6.27. The zero-order valence-corrected chi connectivity index (χ0v) is 12.1. The number of hydrogen-bond donors (Lipinski definition) is 2. The van der Waals surface area contributed by atoms with Gasteiger partial charge in [-0.25, -0.2) is 9.36 Å². The van der Waals surface area contributed by atoms with E-state index in [9.17, 15) is 18.9 Å². The number of hydrogen-bond acceptors (Lipinski definition) is 6. The first-order valence-corrected chi connectivity index (χ1v) is 7.68. The Morgan fingerprint density at radius 1 is 1.14 bits per heavy atom. The van der Waals surface area contributed by atoms with Crippen molar-refractivity contribution in [3.8, 4) is 5.75 Å². The summed E-state index contributed by atoms with van der Waals surface area (Å²) in [5.74, 6) is -1.99. The van der Waals surface area contributed by atoms with Gasteiger partial charge < -0.3 is 9.36 Å². The topological polar surface area (TPSA) is 130 Å². The maximum Gasteiger partial charge on any atom is 0.524 e. The summed E-state index contributed by atoms with van der Waals surface area (Å²) in [5, 5.41) is 0.452. The van der Waals surface area contributed by atoms with Gasteiger partial charge in [0.25, 0.3) is 11.8 Å². The molecule has 0 bridgehead atoms. The van der Waals surface area contributed by atoms with E-state index in [1.165, 1.54) is 24.3 Å². The van der Waals surface area contributed by atoms with Crippen LogP contribution in [0.4, 0.5) is 0 Å². The molecule has 2 N–H and O–H groups in total. The van der Waals surface area contributed by atoms with Gasteiger partial charge in [0.2, 0.25) is 0 Å². The zero-order chi connectivity index (χ0) is 16.3. The fraction of sp³-hybridized carbons (Fsp3) is 0.250. The van der Waals surface area contributed by atoms with Gasteiger partial charge in [-0.1, -0.05) is 12.1 Å². The van der Waals surface area contributed by atoms with Crippen molar-refractivity contribution in [2.75, 3.05) is 0 Å². The molecule has 1 aliphatic rings. The smallest absolute Gasteiger partial charge is 0.404 e. The Labute approximate surface area is 124 Å². The Kier molecular flexibility index (Phi) is 4.60. The lowest BCUT2D eigenvalue weighted by molar-refractivity contribution is -0.197. The van der Waals surface area contributed by atoms with E-state index in [-0.39, 0.29) is 25.0 Å². The second-order valence-electron chi connectivity index (χ2n) is 4.45. The van der Waals surface area contributed by atoms with Crippen molar-refractivity contribution < 1.29 is 38.1 Å². The first-order chi connectivity index (χ1) is 10.2. The number of nitrogens with zero attached hydrogens (tertiary/aromatic N) is 1. The molecule has 2 rings (SSSR count). The minimum absolute atomic E-state index is 0.0144. The Bertz CT molecular complexity index is 634. The van der Waals surface area contributed by atoms with Crippen molar-refractivity contribution >= 4 is 25.6 Å². The van der Waals surface area contributed by atoms with Gasteiger partial charge in [-0.15, -0.1) is 5.06 Å². The highest BCUT2D eigenvalue weighted by Gasteiger charge is 2.32. The van der Waals surface area contributed by atoms with E-state index in [1.54, 1.807) is 0 Å². The molecule has 0 radical (unpaired) electrons. The molecule has 2 amide bonds. The van der Waals surface area contributed by atoms with Gasteiger partial charge in [-0.3, -0.25) is 19.4 Å². The van der Waals surface area contributed by atoms with Crippen LogP contribution in [-0.2, 0) is 30.2 Å². The molecule has 10 heteroatoms. The normalized spacial score (nSPS) is 15.1. The van der Waals surface area contributed by atoms with E-state index >= 15 is 0 Å². The fourth-order valence-electron chi connectivity index (χ4n) is 1.76. The van der Waals surface area contributed by atoms with Crippen molar-refractivity contribution in [2.24, 2.45) is 0 Å². The number of benzene rings is 1. The van der Waals surface area contributed by atoms with Crippen molar-refractivity contribution in [1.29, 1.82) is 0 Å². The lowest BCUT2D eigenvalue weighted by Gasteiger charge is -2.12. The van der Waals surface area contributed by atoms with E-state index in [0.717, 1.165) is 0 Å². The second-order valence-corrected chi connectivity index (χ2v) is 5.61. The maximum absolute atomic E-state index is 11.6. The first kappa shape index (κ1) is 16.2. The fourth-order valence-corrected chi connectivity index (χ4v) is 2.16. The van der Waals surface area contributed by atoms with Gasteiger partial charge >= 0.3 is 13.8 Å². The molecular formula is C12H12NO8P. The highest BCUT2D eigenvalue weighted by atomic mass is 31.2. The molecule has 9 nitrogen and oxygen atoms in total. The molecule has 22 heavy (non-hydrogen) atoms. The number of amides is 2.